The van der Waals surface area contributed by atoms with E-state index in [1.54, 1.807) is 7.05 Å². The molecule has 1 aromatic rings. The van der Waals surface area contributed by atoms with E-state index in [-0.39, 0.29) is 15.8 Å². The van der Waals surface area contributed by atoms with Crippen LogP contribution in [0.1, 0.15) is 33.1 Å². The lowest BCUT2D eigenvalue weighted by Gasteiger charge is -2.17. The fourth-order valence-corrected chi connectivity index (χ4v) is 3.36. The van der Waals surface area contributed by atoms with Crippen LogP contribution in [0.2, 0.25) is 5.02 Å². The second-order valence-corrected chi connectivity index (χ2v) is 7.31. The van der Waals surface area contributed by atoms with Gasteiger partial charge in [-0.1, -0.05) is 31.4 Å². The molecule has 0 heterocycles. The number of hydrogen-bond acceptors (Lipinski definition) is 3. The van der Waals surface area contributed by atoms with Gasteiger partial charge in [0.2, 0.25) is 15.9 Å². The van der Waals surface area contributed by atoms with Gasteiger partial charge in [-0.2, -0.15) is 0 Å². The standard InChI is InChI=1S/C14H21ClN2O3S/c1-4-5-6-9-17(3)21(19,20)12-7-8-14(13(15)10-12)16-11(2)18/h7-8,10H,4-6,9H2,1-3H3,(H,16,18). The van der Waals surface area contributed by atoms with Gasteiger partial charge in [-0.15, -0.1) is 0 Å². The Morgan fingerprint density at radius 2 is 2.00 bits per heavy atom. The quantitative estimate of drug-likeness (QED) is 0.780. The molecule has 0 atom stereocenters. The highest BCUT2D eigenvalue weighted by molar-refractivity contribution is 7.89. The minimum atomic E-state index is -3.55. The third-order valence-electron chi connectivity index (χ3n) is 3.04. The van der Waals surface area contributed by atoms with Crippen molar-refractivity contribution in [1.82, 2.24) is 4.31 Å². The lowest BCUT2D eigenvalue weighted by molar-refractivity contribution is -0.114. The van der Waals surface area contributed by atoms with E-state index in [1.165, 1.54) is 29.4 Å². The first kappa shape index (κ1) is 17.9. The van der Waals surface area contributed by atoms with E-state index in [0.29, 0.717) is 12.2 Å². The van der Waals surface area contributed by atoms with Gasteiger partial charge in [0.25, 0.3) is 0 Å². The van der Waals surface area contributed by atoms with Crippen molar-refractivity contribution in [3.63, 3.8) is 0 Å². The predicted octanol–water partition coefficient (Wildman–Crippen LogP) is 3.11. The minimum absolute atomic E-state index is 0.126. The van der Waals surface area contributed by atoms with Gasteiger partial charge in [0, 0.05) is 20.5 Å². The van der Waals surface area contributed by atoms with Gasteiger partial charge in [0.15, 0.2) is 0 Å². The molecule has 1 N–H and O–H groups in total. The van der Waals surface area contributed by atoms with Crippen LogP contribution >= 0.6 is 11.6 Å². The Kier molecular flexibility index (Phi) is 6.64. The lowest BCUT2D eigenvalue weighted by Crippen LogP contribution is -2.28. The third-order valence-corrected chi connectivity index (χ3v) is 5.20. The molecule has 5 nitrogen and oxygen atoms in total. The first-order valence-electron chi connectivity index (χ1n) is 6.82. The average Bonchev–Trinajstić information content (AvgIpc) is 2.40. The predicted molar refractivity (Wildman–Crippen MR) is 85.1 cm³/mol. The molecule has 0 spiro atoms. The number of halogens is 1. The highest BCUT2D eigenvalue weighted by Gasteiger charge is 2.21. The topological polar surface area (TPSA) is 66.5 Å². The number of benzene rings is 1. The van der Waals surface area contributed by atoms with Crippen molar-refractivity contribution in [1.29, 1.82) is 0 Å². The van der Waals surface area contributed by atoms with Crippen molar-refractivity contribution in [3.8, 4) is 0 Å². The number of carbonyl (C=O) groups excluding carboxylic acids is 1. The maximum atomic E-state index is 12.4. The summed E-state index contributed by atoms with van der Waals surface area (Å²) in [5, 5.41) is 2.75. The summed E-state index contributed by atoms with van der Waals surface area (Å²) >= 11 is 6.01. The molecule has 0 radical (unpaired) electrons. The summed E-state index contributed by atoms with van der Waals surface area (Å²) in [5.74, 6) is -0.260. The second-order valence-electron chi connectivity index (χ2n) is 4.86. The third kappa shape index (κ3) is 4.98. The minimum Gasteiger partial charge on any atom is -0.325 e. The van der Waals surface area contributed by atoms with Crippen molar-refractivity contribution in [2.24, 2.45) is 0 Å². The molecule has 0 aliphatic rings. The number of nitrogens with one attached hydrogen (secondary N) is 1. The lowest BCUT2D eigenvalue weighted by atomic mass is 10.2. The van der Waals surface area contributed by atoms with Crippen LogP contribution in [-0.4, -0.2) is 32.2 Å². The molecule has 0 unspecified atom stereocenters. The smallest absolute Gasteiger partial charge is 0.242 e. The molecule has 0 fully saturated rings. The van der Waals surface area contributed by atoms with Crippen LogP contribution in [0.5, 0.6) is 0 Å². The van der Waals surface area contributed by atoms with E-state index in [2.05, 4.69) is 12.2 Å². The molecule has 7 heteroatoms. The molecule has 118 valence electrons. The summed E-state index contributed by atoms with van der Waals surface area (Å²) in [6, 6.07) is 4.30. The van der Waals surface area contributed by atoms with Gasteiger partial charge in [-0.25, -0.2) is 12.7 Å². The van der Waals surface area contributed by atoms with Crippen molar-refractivity contribution in [3.05, 3.63) is 23.2 Å². The molecule has 1 rings (SSSR count). The molecule has 21 heavy (non-hydrogen) atoms. The first-order valence-corrected chi connectivity index (χ1v) is 8.64. The summed E-state index contributed by atoms with van der Waals surface area (Å²) < 4.78 is 26.1. The van der Waals surface area contributed by atoms with E-state index in [9.17, 15) is 13.2 Å². The second kappa shape index (κ2) is 7.77. The molecular weight excluding hydrogens is 312 g/mol. The van der Waals surface area contributed by atoms with Crippen LogP contribution in [0, 0.1) is 0 Å². The monoisotopic (exact) mass is 332 g/mol. The largest absolute Gasteiger partial charge is 0.325 e. The van der Waals surface area contributed by atoms with Crippen molar-refractivity contribution in [2.75, 3.05) is 18.9 Å². The highest BCUT2D eigenvalue weighted by Crippen LogP contribution is 2.26. The number of amides is 1. The van der Waals surface area contributed by atoms with Gasteiger partial charge < -0.3 is 5.32 Å². The maximum Gasteiger partial charge on any atom is 0.242 e. The Hall–Kier alpha value is -1.11. The summed E-state index contributed by atoms with van der Waals surface area (Å²) in [7, 11) is -1.99. The molecule has 0 aliphatic carbocycles. The molecule has 0 aromatic heterocycles. The Morgan fingerprint density at radius 1 is 1.33 bits per heavy atom. The molecule has 0 bridgehead atoms. The van der Waals surface area contributed by atoms with Crippen LogP contribution in [0.25, 0.3) is 0 Å². The number of nitrogens with zero attached hydrogens (tertiary/aromatic N) is 1. The molecular formula is C14H21ClN2O3S. The number of carbonyl (C=O) groups is 1. The fourth-order valence-electron chi connectivity index (χ4n) is 1.83. The van der Waals surface area contributed by atoms with Crippen LogP contribution in [0.3, 0.4) is 0 Å². The highest BCUT2D eigenvalue weighted by atomic mass is 35.5. The van der Waals surface area contributed by atoms with E-state index >= 15 is 0 Å². The molecule has 1 amide bonds. The van der Waals surface area contributed by atoms with Crippen molar-refractivity contribution >= 4 is 33.2 Å². The van der Waals surface area contributed by atoms with Crippen LogP contribution in [-0.2, 0) is 14.8 Å². The molecule has 0 saturated heterocycles. The Morgan fingerprint density at radius 3 is 2.52 bits per heavy atom. The van der Waals surface area contributed by atoms with Crippen LogP contribution in [0.4, 0.5) is 5.69 Å². The van der Waals surface area contributed by atoms with Gasteiger partial charge in [0.1, 0.15) is 0 Å². The first-order chi connectivity index (χ1) is 9.78. The average molecular weight is 333 g/mol. The number of anilines is 1. The van der Waals surface area contributed by atoms with E-state index in [4.69, 9.17) is 11.6 Å². The zero-order chi connectivity index (χ0) is 16.0. The summed E-state index contributed by atoms with van der Waals surface area (Å²) in [6.07, 6.45) is 2.84. The van der Waals surface area contributed by atoms with Gasteiger partial charge in [-0.3, -0.25) is 4.79 Å². The Balaban J connectivity index is 2.93. The Bertz CT molecular complexity index is 602. The summed E-state index contributed by atoms with van der Waals surface area (Å²) in [6.45, 7) is 3.90. The van der Waals surface area contributed by atoms with Gasteiger partial charge in [-0.05, 0) is 24.6 Å². The number of hydrogen-bond donors (Lipinski definition) is 1. The maximum absolute atomic E-state index is 12.4. The van der Waals surface area contributed by atoms with Gasteiger partial charge in [0.05, 0.1) is 15.6 Å². The SMILES string of the molecule is CCCCCN(C)S(=O)(=O)c1ccc(NC(C)=O)c(Cl)c1. The van der Waals surface area contributed by atoms with Crippen LogP contribution < -0.4 is 5.32 Å². The van der Waals surface area contributed by atoms with E-state index < -0.39 is 10.0 Å². The summed E-state index contributed by atoms with van der Waals surface area (Å²) in [4.78, 5) is 11.1. The fraction of sp³-hybridized carbons (Fsp3) is 0.500. The van der Waals surface area contributed by atoms with E-state index in [0.717, 1.165) is 19.3 Å². The van der Waals surface area contributed by atoms with Crippen LogP contribution in [0.15, 0.2) is 23.1 Å². The normalized spacial score (nSPS) is 11.7. The van der Waals surface area contributed by atoms with Crippen molar-refractivity contribution < 1.29 is 13.2 Å². The molecule has 0 saturated carbocycles. The zero-order valence-electron chi connectivity index (χ0n) is 12.5. The number of rotatable bonds is 7. The van der Waals surface area contributed by atoms with Gasteiger partial charge >= 0.3 is 0 Å². The summed E-state index contributed by atoms with van der Waals surface area (Å²) in [5.41, 5.74) is 0.400. The van der Waals surface area contributed by atoms with Crippen molar-refractivity contribution in [2.45, 2.75) is 38.0 Å². The van der Waals surface area contributed by atoms with E-state index in [1.807, 2.05) is 0 Å². The number of unbranched alkanes of at least 4 members (excludes halogenated alkanes) is 2. The Labute approximate surface area is 131 Å². The zero-order valence-corrected chi connectivity index (χ0v) is 14.1. The molecule has 1 aromatic carbocycles. The molecule has 0 aliphatic heterocycles. The number of sulfonamides is 1.